The van der Waals surface area contributed by atoms with Crippen molar-refractivity contribution in [3.63, 3.8) is 0 Å². The topological polar surface area (TPSA) is 110 Å². The Bertz CT molecular complexity index is 813. The average Bonchev–Trinajstić information content (AvgIpc) is 3.52. The summed E-state index contributed by atoms with van der Waals surface area (Å²) in [4.78, 5) is 30.7. The number of carbonyl (C=O) groups is 2. The van der Waals surface area contributed by atoms with Gasteiger partial charge >= 0.3 is 0 Å². The molecule has 0 aliphatic carbocycles. The second kappa shape index (κ2) is 11.2. The summed E-state index contributed by atoms with van der Waals surface area (Å²) in [5, 5.41) is 17.3. The average molecular weight is 544 g/mol. The molecular formula is C24H42ClN7O3S. The van der Waals surface area contributed by atoms with E-state index in [1.54, 1.807) is 18.9 Å². The van der Waals surface area contributed by atoms with Gasteiger partial charge in [-0.1, -0.05) is 0 Å². The number of hydrogen-bond acceptors (Lipinski definition) is 9. The van der Waals surface area contributed by atoms with Gasteiger partial charge in [-0.3, -0.25) is 30.4 Å². The Kier molecular flexibility index (Phi) is 8.39. The summed E-state index contributed by atoms with van der Waals surface area (Å²) in [5.74, 6) is 0.566. The van der Waals surface area contributed by atoms with Crippen molar-refractivity contribution in [1.82, 2.24) is 36.4 Å². The number of alkyl halides is 1. The largest absolute Gasteiger partial charge is 0.380 e. The number of carbonyl (C=O) groups excluding carboxylic acids is 2. The number of fused-ring (bicyclic) bond motifs is 1. The molecule has 10 nitrogen and oxygen atoms in total. The molecule has 0 spiro atoms. The Morgan fingerprint density at radius 3 is 2.56 bits per heavy atom. The first-order valence-electron chi connectivity index (χ1n) is 13.3. The van der Waals surface area contributed by atoms with E-state index in [9.17, 15) is 9.59 Å². The minimum Gasteiger partial charge on any atom is -0.380 e. The molecule has 5 saturated heterocycles. The third kappa shape index (κ3) is 5.40. The number of halogens is 1. The molecule has 0 aromatic carbocycles. The molecule has 0 saturated carbocycles. The van der Waals surface area contributed by atoms with E-state index in [0.717, 1.165) is 19.4 Å². The molecule has 5 aliphatic heterocycles. The smallest absolute Gasteiger partial charge is 0.254 e. The summed E-state index contributed by atoms with van der Waals surface area (Å²) < 4.78 is 5.80. The zero-order valence-corrected chi connectivity index (χ0v) is 23.3. The molecule has 0 aromatic heterocycles. The summed E-state index contributed by atoms with van der Waals surface area (Å²) in [7, 11) is 3.75. The molecule has 2 amide bonds. The lowest BCUT2D eigenvalue weighted by molar-refractivity contribution is -0.135. The number of methoxy groups -OCH3 is 1. The maximum absolute atomic E-state index is 13.6. The standard InChI is InChI=1S/C24H42ClN7O3S/c1-12-5-14(15-6-20(25)27-9-18(15)35-4)16(8-26-12)22(33)30-24-29-17-10-32(11-19(17)36-24)23(34)21-28-7-13(2)31(21)3/h12-21,24,26-29H,5-11H2,1-4H3,(H,30,33). The zero-order valence-electron chi connectivity index (χ0n) is 21.7. The summed E-state index contributed by atoms with van der Waals surface area (Å²) in [6.07, 6.45) is 1.55. The highest BCUT2D eigenvalue weighted by Crippen LogP contribution is 2.38. The second-order valence-corrected chi connectivity index (χ2v) is 13.1. The minimum absolute atomic E-state index is 0.0591. The summed E-state index contributed by atoms with van der Waals surface area (Å²) in [6, 6.07) is 0.903. The van der Waals surface area contributed by atoms with Gasteiger partial charge in [0.25, 0.3) is 5.91 Å². The predicted octanol–water partition coefficient (Wildman–Crippen LogP) is -0.645. The highest BCUT2D eigenvalue weighted by molar-refractivity contribution is 8.00. The van der Waals surface area contributed by atoms with Crippen molar-refractivity contribution in [2.24, 2.45) is 17.8 Å². The van der Waals surface area contributed by atoms with E-state index in [1.165, 1.54) is 0 Å². The number of piperidine rings is 2. The van der Waals surface area contributed by atoms with Crippen LogP contribution in [0.2, 0.25) is 0 Å². The third-order valence-corrected chi connectivity index (χ3v) is 10.7. The van der Waals surface area contributed by atoms with Crippen LogP contribution in [0.5, 0.6) is 0 Å². The number of thioether (sulfide) groups is 1. The Morgan fingerprint density at radius 2 is 1.86 bits per heavy atom. The van der Waals surface area contributed by atoms with Gasteiger partial charge in [-0.05, 0) is 45.6 Å². The number of likely N-dealkylation sites (tertiary alicyclic amines) is 1. The molecule has 204 valence electrons. The molecule has 5 heterocycles. The van der Waals surface area contributed by atoms with E-state index in [0.29, 0.717) is 38.3 Å². The van der Waals surface area contributed by atoms with Crippen LogP contribution in [0.15, 0.2) is 0 Å². The van der Waals surface area contributed by atoms with Crippen molar-refractivity contribution >= 4 is 35.2 Å². The lowest BCUT2D eigenvalue weighted by atomic mass is 9.70. The van der Waals surface area contributed by atoms with Crippen molar-refractivity contribution in [2.75, 3.05) is 46.9 Å². The van der Waals surface area contributed by atoms with Crippen LogP contribution in [-0.4, -0.2) is 115 Å². The molecular weight excluding hydrogens is 502 g/mol. The predicted molar refractivity (Wildman–Crippen MR) is 141 cm³/mol. The van der Waals surface area contributed by atoms with E-state index in [1.807, 2.05) is 11.9 Å². The first-order valence-corrected chi connectivity index (χ1v) is 14.7. The molecule has 11 atom stereocenters. The molecule has 0 bridgehead atoms. The monoisotopic (exact) mass is 543 g/mol. The van der Waals surface area contributed by atoms with Crippen molar-refractivity contribution < 1.29 is 14.3 Å². The van der Waals surface area contributed by atoms with Crippen molar-refractivity contribution in [3.8, 4) is 0 Å². The van der Waals surface area contributed by atoms with Crippen molar-refractivity contribution in [1.29, 1.82) is 0 Å². The van der Waals surface area contributed by atoms with Crippen LogP contribution in [0.1, 0.15) is 26.7 Å². The van der Waals surface area contributed by atoms with Crippen LogP contribution in [0, 0.1) is 17.8 Å². The molecule has 0 radical (unpaired) electrons. The number of nitrogens with one attached hydrogen (secondary N) is 5. The minimum atomic E-state index is -0.240. The van der Waals surface area contributed by atoms with Gasteiger partial charge in [0, 0.05) is 63.2 Å². The fourth-order valence-electron chi connectivity index (χ4n) is 6.71. The zero-order chi connectivity index (χ0) is 25.6. The van der Waals surface area contributed by atoms with Gasteiger partial charge in [-0.15, -0.1) is 23.4 Å². The SMILES string of the molecule is COC1CNC(Cl)CC1C1CC(C)NCC1C(=O)NC1NC2CN(C(=O)C3NCC(C)N3C)CC2S1. The van der Waals surface area contributed by atoms with Crippen LogP contribution in [-0.2, 0) is 14.3 Å². The number of ether oxygens (including phenoxy) is 1. The van der Waals surface area contributed by atoms with Crippen LogP contribution in [0.3, 0.4) is 0 Å². The maximum Gasteiger partial charge on any atom is 0.254 e. The van der Waals surface area contributed by atoms with Crippen LogP contribution in [0.25, 0.3) is 0 Å². The normalized spacial score (nSPS) is 45.6. The molecule has 5 fully saturated rings. The third-order valence-electron chi connectivity index (χ3n) is 8.99. The number of hydrogen-bond donors (Lipinski definition) is 5. The fourth-order valence-corrected chi connectivity index (χ4v) is 8.41. The van der Waals surface area contributed by atoms with Crippen LogP contribution in [0.4, 0.5) is 0 Å². The van der Waals surface area contributed by atoms with E-state index in [-0.39, 0.29) is 64.1 Å². The van der Waals surface area contributed by atoms with E-state index < -0.39 is 0 Å². The summed E-state index contributed by atoms with van der Waals surface area (Å²) >= 11 is 8.20. The van der Waals surface area contributed by atoms with Gasteiger partial charge in [0.2, 0.25) is 5.91 Å². The Balaban J connectivity index is 1.17. The van der Waals surface area contributed by atoms with Gasteiger partial charge in [0.1, 0.15) is 11.7 Å². The molecule has 5 N–H and O–H groups in total. The van der Waals surface area contributed by atoms with Gasteiger partial charge < -0.3 is 20.3 Å². The fraction of sp³-hybridized carbons (Fsp3) is 0.917. The van der Waals surface area contributed by atoms with E-state index in [4.69, 9.17) is 16.3 Å². The Labute approximate surface area is 223 Å². The lowest BCUT2D eigenvalue weighted by Gasteiger charge is -2.45. The van der Waals surface area contributed by atoms with Gasteiger partial charge in [0.05, 0.1) is 17.5 Å². The van der Waals surface area contributed by atoms with Crippen LogP contribution < -0.4 is 26.6 Å². The number of rotatable bonds is 5. The van der Waals surface area contributed by atoms with Gasteiger partial charge in [0.15, 0.2) is 0 Å². The number of nitrogens with zero attached hydrogens (tertiary/aromatic N) is 2. The summed E-state index contributed by atoms with van der Waals surface area (Å²) in [6.45, 7) is 7.91. The van der Waals surface area contributed by atoms with Gasteiger partial charge in [-0.25, -0.2) is 0 Å². The molecule has 0 aromatic rings. The molecule has 5 aliphatic rings. The van der Waals surface area contributed by atoms with E-state index in [2.05, 4.69) is 45.3 Å². The first kappa shape index (κ1) is 26.9. The first-order chi connectivity index (χ1) is 17.2. The quantitative estimate of drug-likeness (QED) is 0.228. The molecule has 5 rings (SSSR count). The summed E-state index contributed by atoms with van der Waals surface area (Å²) in [5.41, 5.74) is -0.223. The van der Waals surface area contributed by atoms with E-state index >= 15 is 0 Å². The molecule has 11 unspecified atom stereocenters. The van der Waals surface area contributed by atoms with Crippen molar-refractivity contribution in [2.45, 2.75) is 73.3 Å². The van der Waals surface area contributed by atoms with Crippen molar-refractivity contribution in [3.05, 3.63) is 0 Å². The van der Waals surface area contributed by atoms with Gasteiger partial charge in [-0.2, -0.15) is 0 Å². The maximum atomic E-state index is 13.6. The van der Waals surface area contributed by atoms with Crippen LogP contribution >= 0.6 is 23.4 Å². The second-order valence-electron chi connectivity index (χ2n) is 11.3. The molecule has 12 heteroatoms. The number of likely N-dealkylation sites (N-methyl/N-ethyl adjacent to an activating group) is 1. The highest BCUT2D eigenvalue weighted by Gasteiger charge is 2.48. The lowest BCUT2D eigenvalue weighted by Crippen LogP contribution is -2.57. The Morgan fingerprint density at radius 1 is 1.06 bits per heavy atom. The molecule has 36 heavy (non-hydrogen) atoms. The Hall–Kier alpha value is -0.660. The number of amides is 2. The highest BCUT2D eigenvalue weighted by atomic mass is 35.5.